The maximum Gasteiger partial charge on any atom is 0.360 e. The summed E-state index contributed by atoms with van der Waals surface area (Å²) in [7, 11) is 2.92. The highest BCUT2D eigenvalue weighted by Crippen LogP contribution is 2.31. The third-order valence-electron chi connectivity index (χ3n) is 3.54. The van der Waals surface area contributed by atoms with Crippen molar-refractivity contribution >= 4 is 23.8 Å². The monoisotopic (exact) mass is 262 g/mol. The number of amides is 1. The first-order chi connectivity index (χ1) is 9.13. The molecule has 2 aliphatic heterocycles. The van der Waals surface area contributed by atoms with E-state index in [2.05, 4.69) is 14.8 Å². The number of nitrogens with zero attached hydrogens (tertiary/aromatic N) is 4. The van der Waals surface area contributed by atoms with Crippen molar-refractivity contribution in [3.05, 3.63) is 11.4 Å². The van der Waals surface area contributed by atoms with Crippen LogP contribution in [-0.4, -0.2) is 52.5 Å². The molecule has 0 unspecified atom stereocenters. The van der Waals surface area contributed by atoms with E-state index in [4.69, 9.17) is 0 Å². The van der Waals surface area contributed by atoms with Crippen LogP contribution in [0.2, 0.25) is 0 Å². The van der Waals surface area contributed by atoms with Crippen molar-refractivity contribution in [3.8, 4) is 0 Å². The van der Waals surface area contributed by atoms with Gasteiger partial charge in [-0.3, -0.25) is 14.5 Å². The van der Waals surface area contributed by atoms with Crippen LogP contribution in [0.25, 0.3) is 0 Å². The maximum atomic E-state index is 12.5. The SMILES string of the molecule is COC(=O)c1nn(C)c2c1N=C[C@@H]1CCCN1C2=O. The maximum absolute atomic E-state index is 12.5. The van der Waals surface area contributed by atoms with Gasteiger partial charge in [-0.15, -0.1) is 0 Å². The molecule has 0 N–H and O–H groups in total. The molecule has 0 aromatic carbocycles. The number of carbonyl (C=O) groups is 2. The highest BCUT2D eigenvalue weighted by atomic mass is 16.5. The molecule has 1 amide bonds. The van der Waals surface area contributed by atoms with Gasteiger partial charge >= 0.3 is 5.97 Å². The Morgan fingerprint density at radius 1 is 1.53 bits per heavy atom. The van der Waals surface area contributed by atoms with Gasteiger partial charge in [0, 0.05) is 19.8 Å². The molecule has 7 heteroatoms. The zero-order valence-electron chi connectivity index (χ0n) is 10.8. The molecule has 0 radical (unpaired) electrons. The molecule has 1 atom stereocenters. The van der Waals surface area contributed by atoms with Crippen LogP contribution in [0.5, 0.6) is 0 Å². The van der Waals surface area contributed by atoms with Gasteiger partial charge in [0.05, 0.1) is 13.2 Å². The first kappa shape index (κ1) is 11.9. The number of hydrogen-bond acceptors (Lipinski definition) is 5. The lowest BCUT2D eigenvalue weighted by molar-refractivity contribution is 0.0593. The fraction of sp³-hybridized carbons (Fsp3) is 0.500. The van der Waals surface area contributed by atoms with Crippen LogP contribution in [0.4, 0.5) is 5.69 Å². The summed E-state index contributed by atoms with van der Waals surface area (Å²) >= 11 is 0. The summed E-state index contributed by atoms with van der Waals surface area (Å²) in [5, 5.41) is 4.05. The number of hydrogen-bond donors (Lipinski definition) is 0. The van der Waals surface area contributed by atoms with Crippen molar-refractivity contribution in [2.45, 2.75) is 18.9 Å². The quantitative estimate of drug-likeness (QED) is 0.692. The number of methoxy groups -OCH3 is 1. The lowest BCUT2D eigenvalue weighted by Crippen LogP contribution is -2.36. The van der Waals surface area contributed by atoms with Gasteiger partial charge in [-0.1, -0.05) is 0 Å². The highest BCUT2D eigenvalue weighted by molar-refractivity contribution is 6.06. The highest BCUT2D eigenvalue weighted by Gasteiger charge is 2.36. The van der Waals surface area contributed by atoms with Crippen LogP contribution in [0.15, 0.2) is 4.99 Å². The minimum Gasteiger partial charge on any atom is -0.464 e. The molecule has 0 bridgehead atoms. The molecule has 1 aromatic rings. The van der Waals surface area contributed by atoms with Crippen molar-refractivity contribution in [1.29, 1.82) is 0 Å². The zero-order chi connectivity index (χ0) is 13.6. The lowest BCUT2D eigenvalue weighted by Gasteiger charge is -2.19. The van der Waals surface area contributed by atoms with Crippen LogP contribution in [0.3, 0.4) is 0 Å². The van der Waals surface area contributed by atoms with Crippen LogP contribution < -0.4 is 0 Å². The van der Waals surface area contributed by atoms with Crippen LogP contribution in [0, 0.1) is 0 Å². The molecule has 3 rings (SSSR count). The van der Waals surface area contributed by atoms with Crippen molar-refractivity contribution in [3.63, 3.8) is 0 Å². The standard InChI is InChI=1S/C12H14N4O3/c1-15-10-8(9(14-15)12(18)19-2)13-6-7-4-3-5-16(7)11(10)17/h6-7H,3-5H2,1-2H3/t7-/m0/s1. The molecular weight excluding hydrogens is 248 g/mol. The van der Waals surface area contributed by atoms with E-state index >= 15 is 0 Å². The van der Waals surface area contributed by atoms with E-state index in [1.807, 2.05) is 0 Å². The summed E-state index contributed by atoms with van der Waals surface area (Å²) in [6.45, 7) is 0.716. The molecule has 19 heavy (non-hydrogen) atoms. The van der Waals surface area contributed by atoms with Gasteiger partial charge < -0.3 is 9.64 Å². The van der Waals surface area contributed by atoms with E-state index in [1.165, 1.54) is 11.8 Å². The number of rotatable bonds is 1. The van der Waals surface area contributed by atoms with E-state index in [0.717, 1.165) is 12.8 Å². The number of esters is 1. The van der Waals surface area contributed by atoms with Crippen LogP contribution in [0.1, 0.15) is 33.8 Å². The number of fused-ring (bicyclic) bond motifs is 2. The minimum atomic E-state index is -0.580. The Morgan fingerprint density at radius 3 is 3.05 bits per heavy atom. The molecule has 0 saturated carbocycles. The molecule has 2 aliphatic rings. The van der Waals surface area contributed by atoms with E-state index in [9.17, 15) is 9.59 Å². The number of ether oxygens (including phenoxy) is 1. The minimum absolute atomic E-state index is 0.0189. The summed E-state index contributed by atoms with van der Waals surface area (Å²) < 4.78 is 6.08. The summed E-state index contributed by atoms with van der Waals surface area (Å²) in [6.07, 6.45) is 3.61. The third kappa shape index (κ3) is 1.65. The van der Waals surface area contributed by atoms with Gasteiger partial charge in [0.25, 0.3) is 5.91 Å². The molecule has 0 spiro atoms. The molecule has 1 saturated heterocycles. The molecule has 100 valence electrons. The molecule has 7 nitrogen and oxygen atoms in total. The molecule has 1 aromatic heterocycles. The normalized spacial score (nSPS) is 21.1. The summed E-state index contributed by atoms with van der Waals surface area (Å²) in [4.78, 5) is 30.2. The molecular formula is C12H14N4O3. The Morgan fingerprint density at radius 2 is 2.32 bits per heavy atom. The van der Waals surface area contributed by atoms with E-state index in [0.29, 0.717) is 17.9 Å². The number of aryl methyl sites for hydroxylation is 1. The van der Waals surface area contributed by atoms with Gasteiger partial charge in [-0.05, 0) is 12.8 Å². The fourth-order valence-corrected chi connectivity index (χ4v) is 2.61. The number of carbonyl (C=O) groups excluding carboxylic acids is 2. The second-order valence-corrected chi connectivity index (χ2v) is 4.65. The van der Waals surface area contributed by atoms with E-state index < -0.39 is 5.97 Å². The largest absolute Gasteiger partial charge is 0.464 e. The van der Waals surface area contributed by atoms with Crippen LogP contribution >= 0.6 is 0 Å². The smallest absolute Gasteiger partial charge is 0.360 e. The summed E-state index contributed by atoms with van der Waals surface area (Å²) in [6, 6.07) is 0.0189. The second-order valence-electron chi connectivity index (χ2n) is 4.65. The predicted octanol–water partition coefficient (Wildman–Crippen LogP) is 0.527. The van der Waals surface area contributed by atoms with Crippen molar-refractivity contribution < 1.29 is 14.3 Å². The third-order valence-corrected chi connectivity index (χ3v) is 3.54. The van der Waals surface area contributed by atoms with Crippen molar-refractivity contribution in [2.24, 2.45) is 12.0 Å². The first-order valence-corrected chi connectivity index (χ1v) is 6.14. The summed E-state index contributed by atoms with van der Waals surface area (Å²) in [5.41, 5.74) is 0.751. The van der Waals surface area contributed by atoms with Crippen molar-refractivity contribution in [2.75, 3.05) is 13.7 Å². The molecule has 3 heterocycles. The average molecular weight is 262 g/mol. The Bertz CT molecular complexity index is 590. The first-order valence-electron chi connectivity index (χ1n) is 6.14. The Hall–Kier alpha value is -2.18. The van der Waals surface area contributed by atoms with Crippen LogP contribution in [-0.2, 0) is 11.8 Å². The van der Waals surface area contributed by atoms with Gasteiger partial charge in [-0.25, -0.2) is 4.79 Å². The Labute approximate surface area is 109 Å². The van der Waals surface area contributed by atoms with Gasteiger partial charge in [0.1, 0.15) is 5.69 Å². The number of aromatic nitrogens is 2. The van der Waals surface area contributed by atoms with Crippen molar-refractivity contribution in [1.82, 2.24) is 14.7 Å². The summed E-state index contributed by atoms with van der Waals surface area (Å²) in [5.74, 6) is -0.705. The van der Waals surface area contributed by atoms with E-state index in [-0.39, 0.29) is 17.6 Å². The topological polar surface area (TPSA) is 76.8 Å². The molecule has 1 fully saturated rings. The van der Waals surface area contributed by atoms with Gasteiger partial charge in [0.15, 0.2) is 11.4 Å². The molecule has 0 aliphatic carbocycles. The predicted molar refractivity (Wildman–Crippen MR) is 66.8 cm³/mol. The second kappa shape index (κ2) is 4.18. The average Bonchev–Trinajstić information content (AvgIpc) is 2.96. The van der Waals surface area contributed by atoms with Gasteiger partial charge in [0.2, 0.25) is 0 Å². The zero-order valence-corrected chi connectivity index (χ0v) is 10.8. The van der Waals surface area contributed by atoms with Gasteiger partial charge in [-0.2, -0.15) is 5.10 Å². The number of aliphatic imine (C=N–C) groups is 1. The fourth-order valence-electron chi connectivity index (χ4n) is 2.61. The Kier molecular flexibility index (Phi) is 2.62. The van der Waals surface area contributed by atoms with E-state index in [1.54, 1.807) is 18.2 Å². The lowest BCUT2D eigenvalue weighted by atomic mass is 10.2. The Balaban J connectivity index is 2.15.